The number of ether oxygens (including phenoxy) is 2. The fourth-order valence-electron chi connectivity index (χ4n) is 2.72. The summed E-state index contributed by atoms with van der Waals surface area (Å²) in [7, 11) is 0. The molecule has 1 aromatic rings. The largest absolute Gasteiger partial charge is 0.508 e. The predicted octanol–water partition coefficient (Wildman–Crippen LogP) is 3.83. The van der Waals surface area contributed by atoms with Gasteiger partial charge in [-0.25, -0.2) is 4.79 Å². The number of ketones is 1. The van der Waals surface area contributed by atoms with Crippen molar-refractivity contribution < 1.29 is 29.0 Å². The summed E-state index contributed by atoms with van der Waals surface area (Å²) in [5.41, 5.74) is -1.20. The van der Waals surface area contributed by atoms with Gasteiger partial charge in [0.2, 0.25) is 0 Å². The van der Waals surface area contributed by atoms with E-state index in [1.165, 1.54) is 25.1 Å². The zero-order chi connectivity index (χ0) is 18.1. The van der Waals surface area contributed by atoms with Crippen LogP contribution in [0.15, 0.2) is 18.2 Å². The van der Waals surface area contributed by atoms with E-state index in [1.54, 1.807) is 6.92 Å². The van der Waals surface area contributed by atoms with Gasteiger partial charge in [-0.2, -0.15) is 0 Å². The van der Waals surface area contributed by atoms with Crippen LogP contribution in [0.3, 0.4) is 0 Å². The van der Waals surface area contributed by atoms with E-state index in [0.29, 0.717) is 5.02 Å². The lowest BCUT2D eigenvalue weighted by molar-refractivity contribution is -0.148. The first-order chi connectivity index (χ1) is 11.2. The van der Waals surface area contributed by atoms with Crippen LogP contribution in [0.25, 0.3) is 0 Å². The highest BCUT2D eigenvalue weighted by molar-refractivity contribution is 6.42. The van der Waals surface area contributed by atoms with Gasteiger partial charge >= 0.3 is 12.1 Å². The number of Topliss-reactive ketones (excluding diaryl/α,β-unsaturated/α-hetero) is 1. The highest BCUT2D eigenvalue weighted by Crippen LogP contribution is 2.57. The maximum absolute atomic E-state index is 12.6. The smallest absolute Gasteiger partial charge is 0.481 e. The number of halogens is 2. The van der Waals surface area contributed by atoms with Crippen molar-refractivity contribution in [3.8, 4) is 0 Å². The molecule has 2 rings (SSSR count). The molecule has 0 radical (unpaired) electrons. The Bertz CT molecular complexity index is 689. The first kappa shape index (κ1) is 18.5. The van der Waals surface area contributed by atoms with Crippen molar-refractivity contribution in [1.82, 2.24) is 0 Å². The van der Waals surface area contributed by atoms with E-state index in [0.717, 1.165) is 0 Å². The van der Waals surface area contributed by atoms with Gasteiger partial charge in [0.05, 0.1) is 16.7 Å². The molecule has 0 aromatic heterocycles. The number of rotatable bonds is 6. The molecule has 1 aromatic carbocycles. The second-order valence-electron chi connectivity index (χ2n) is 5.54. The Hall–Kier alpha value is -1.79. The van der Waals surface area contributed by atoms with E-state index in [-0.39, 0.29) is 29.4 Å². The van der Waals surface area contributed by atoms with E-state index in [1.807, 2.05) is 0 Å². The second kappa shape index (κ2) is 6.99. The van der Waals surface area contributed by atoms with Crippen molar-refractivity contribution in [2.75, 3.05) is 6.61 Å². The third-order valence-corrected chi connectivity index (χ3v) is 4.92. The number of benzene rings is 1. The lowest BCUT2D eigenvalue weighted by Crippen LogP contribution is -2.35. The summed E-state index contributed by atoms with van der Waals surface area (Å²) < 4.78 is 9.65. The summed E-state index contributed by atoms with van der Waals surface area (Å²) in [5.74, 6) is -2.38. The van der Waals surface area contributed by atoms with Crippen LogP contribution in [0.1, 0.15) is 30.6 Å². The summed E-state index contributed by atoms with van der Waals surface area (Å²) in [4.78, 5) is 35.7. The number of carbonyl (C=O) groups excluding carboxylic acids is 2. The van der Waals surface area contributed by atoms with Gasteiger partial charge in [-0.3, -0.25) is 9.59 Å². The van der Waals surface area contributed by atoms with E-state index in [2.05, 4.69) is 4.74 Å². The molecule has 1 aliphatic carbocycles. The minimum atomic E-state index is -1.46. The van der Waals surface area contributed by atoms with Crippen molar-refractivity contribution in [2.45, 2.75) is 26.4 Å². The number of hydrogen-bond donors (Lipinski definition) is 1. The molecule has 130 valence electrons. The van der Waals surface area contributed by atoms with Gasteiger partial charge in [0.25, 0.3) is 0 Å². The third-order valence-electron chi connectivity index (χ3n) is 4.18. The van der Waals surface area contributed by atoms with Gasteiger partial charge in [-0.05, 0) is 38.5 Å². The molecule has 6 nitrogen and oxygen atoms in total. The Morgan fingerprint density at radius 1 is 1.33 bits per heavy atom. The molecular formula is C16H16Cl2O6. The van der Waals surface area contributed by atoms with Crippen LogP contribution in [-0.2, 0) is 14.3 Å². The molecule has 0 aliphatic heterocycles. The summed E-state index contributed by atoms with van der Waals surface area (Å²) >= 11 is 11.7. The number of aliphatic carboxylic acids is 1. The maximum atomic E-state index is 12.6. The number of hydrogen-bond acceptors (Lipinski definition) is 5. The molecule has 1 fully saturated rings. The Kier molecular flexibility index (Phi) is 5.40. The molecule has 24 heavy (non-hydrogen) atoms. The normalized spacial score (nSPS) is 23.2. The molecule has 1 aliphatic rings. The van der Waals surface area contributed by atoms with Gasteiger partial charge in [-0.15, -0.1) is 0 Å². The molecular weight excluding hydrogens is 359 g/mol. The molecule has 3 atom stereocenters. The second-order valence-corrected chi connectivity index (χ2v) is 6.35. The average molecular weight is 375 g/mol. The lowest BCUT2D eigenvalue weighted by Gasteiger charge is -2.20. The zero-order valence-electron chi connectivity index (χ0n) is 13.0. The molecule has 1 saturated carbocycles. The first-order valence-corrected chi connectivity index (χ1v) is 8.05. The predicted molar refractivity (Wildman–Crippen MR) is 86.5 cm³/mol. The zero-order valence-corrected chi connectivity index (χ0v) is 14.6. The van der Waals surface area contributed by atoms with Crippen LogP contribution >= 0.6 is 23.2 Å². The van der Waals surface area contributed by atoms with Crippen LogP contribution in [-0.4, -0.2) is 35.7 Å². The van der Waals surface area contributed by atoms with Crippen LogP contribution < -0.4 is 0 Å². The lowest BCUT2D eigenvalue weighted by atomic mass is 9.93. The van der Waals surface area contributed by atoms with Crippen LogP contribution in [0.5, 0.6) is 0 Å². The van der Waals surface area contributed by atoms with Gasteiger partial charge < -0.3 is 14.6 Å². The number of carboxylic acid groups (broad SMARTS) is 1. The summed E-state index contributed by atoms with van der Waals surface area (Å²) in [6, 6.07) is 4.35. The molecule has 0 heterocycles. The number of carbonyl (C=O) groups is 3. The van der Waals surface area contributed by atoms with Crippen molar-refractivity contribution in [3.05, 3.63) is 33.8 Å². The fraction of sp³-hybridized carbons (Fsp3) is 0.438. The Morgan fingerprint density at radius 2 is 2.00 bits per heavy atom. The molecule has 0 spiro atoms. The highest BCUT2D eigenvalue weighted by Gasteiger charge is 2.68. The van der Waals surface area contributed by atoms with E-state index < -0.39 is 29.6 Å². The van der Waals surface area contributed by atoms with E-state index in [4.69, 9.17) is 27.9 Å². The van der Waals surface area contributed by atoms with E-state index in [9.17, 15) is 19.5 Å². The van der Waals surface area contributed by atoms with Crippen LogP contribution in [0.2, 0.25) is 10.0 Å². The monoisotopic (exact) mass is 374 g/mol. The third kappa shape index (κ3) is 3.35. The SMILES string of the molecule is CCOC(=O)OC(C)[C@]1(C(=O)O)C[C@@H]1C(=O)c1ccc(Cl)c(Cl)c1. The molecule has 1 unspecified atom stereocenters. The number of carboxylic acids is 1. The standard InChI is InChI=1S/C16H16Cl2O6/c1-3-23-15(22)24-8(2)16(14(20)21)7-10(16)13(19)9-4-5-11(17)12(18)6-9/h4-6,8,10H,3,7H2,1-2H3,(H,20,21)/t8?,10-,16-/m1/s1. The first-order valence-electron chi connectivity index (χ1n) is 7.30. The molecule has 8 heteroatoms. The van der Waals surface area contributed by atoms with Gasteiger partial charge in [0.15, 0.2) is 5.78 Å². The Morgan fingerprint density at radius 3 is 2.54 bits per heavy atom. The fourth-order valence-corrected chi connectivity index (χ4v) is 3.02. The Balaban J connectivity index is 2.19. The average Bonchev–Trinajstić information content (AvgIpc) is 3.26. The molecule has 0 amide bonds. The van der Waals surface area contributed by atoms with Crippen LogP contribution in [0, 0.1) is 11.3 Å². The summed E-state index contributed by atoms with van der Waals surface area (Å²) in [6.45, 7) is 3.15. The van der Waals surface area contributed by atoms with Crippen molar-refractivity contribution in [1.29, 1.82) is 0 Å². The van der Waals surface area contributed by atoms with Gasteiger partial charge in [0.1, 0.15) is 11.5 Å². The highest BCUT2D eigenvalue weighted by atomic mass is 35.5. The Labute approximate surface area is 148 Å². The van der Waals surface area contributed by atoms with Crippen LogP contribution in [0.4, 0.5) is 4.79 Å². The quantitative estimate of drug-likeness (QED) is 0.600. The van der Waals surface area contributed by atoms with Crippen molar-refractivity contribution in [2.24, 2.45) is 11.3 Å². The van der Waals surface area contributed by atoms with Crippen molar-refractivity contribution in [3.63, 3.8) is 0 Å². The summed E-state index contributed by atoms with van der Waals surface area (Å²) in [5, 5.41) is 10.1. The minimum absolute atomic E-state index is 0.0714. The molecule has 0 bridgehead atoms. The summed E-state index contributed by atoms with van der Waals surface area (Å²) in [6.07, 6.45) is -1.90. The molecule has 0 saturated heterocycles. The van der Waals surface area contributed by atoms with Gasteiger partial charge in [-0.1, -0.05) is 23.2 Å². The molecule has 1 N–H and O–H groups in total. The van der Waals surface area contributed by atoms with E-state index >= 15 is 0 Å². The van der Waals surface area contributed by atoms with Gasteiger partial charge in [0, 0.05) is 11.5 Å². The topological polar surface area (TPSA) is 89.9 Å². The minimum Gasteiger partial charge on any atom is -0.481 e. The van der Waals surface area contributed by atoms with Crippen molar-refractivity contribution >= 4 is 41.1 Å². The maximum Gasteiger partial charge on any atom is 0.508 e.